The first-order valence-corrected chi connectivity index (χ1v) is 7.65. The summed E-state index contributed by atoms with van der Waals surface area (Å²) in [7, 11) is 3.16. The van der Waals surface area contributed by atoms with Crippen LogP contribution in [0.4, 0.5) is 10.5 Å². The highest BCUT2D eigenvalue weighted by atomic mass is 16.5. The van der Waals surface area contributed by atoms with Gasteiger partial charge in [0, 0.05) is 24.8 Å². The maximum Gasteiger partial charge on any atom is 0.321 e. The predicted molar refractivity (Wildman–Crippen MR) is 89.8 cm³/mol. The predicted octanol–water partition coefficient (Wildman–Crippen LogP) is 3.85. The minimum Gasteiger partial charge on any atom is -0.493 e. The minimum atomic E-state index is -0.0883. The number of carbonyl (C=O) groups is 1. The Morgan fingerprint density at radius 1 is 1.05 bits per heavy atom. The molecule has 124 valence electrons. The van der Waals surface area contributed by atoms with E-state index in [4.69, 9.17) is 9.47 Å². The van der Waals surface area contributed by atoms with E-state index in [9.17, 15) is 4.79 Å². The molecule has 0 aliphatic carbocycles. The van der Waals surface area contributed by atoms with E-state index >= 15 is 0 Å². The van der Waals surface area contributed by atoms with Gasteiger partial charge in [-0.15, -0.1) is 0 Å². The number of carbonyl (C=O) groups excluding carboxylic acids is 1. The lowest BCUT2D eigenvalue weighted by molar-refractivity contribution is 0.196. The molecule has 0 fully saturated rings. The first-order chi connectivity index (χ1) is 10.4. The minimum absolute atomic E-state index is 0.0883. The van der Waals surface area contributed by atoms with Crippen molar-refractivity contribution in [1.82, 2.24) is 4.90 Å². The third-order valence-electron chi connectivity index (χ3n) is 3.09. The van der Waals surface area contributed by atoms with Gasteiger partial charge >= 0.3 is 6.03 Å². The number of hydrogen-bond donors (Lipinski definition) is 1. The fourth-order valence-electron chi connectivity index (χ4n) is 2.24. The highest BCUT2D eigenvalue weighted by Crippen LogP contribution is 2.29. The number of rotatable bonds is 7. The Labute approximate surface area is 133 Å². The molecule has 0 bridgehead atoms. The zero-order valence-corrected chi connectivity index (χ0v) is 14.5. The number of methoxy groups -OCH3 is 2. The van der Waals surface area contributed by atoms with Gasteiger partial charge in [0.05, 0.1) is 14.2 Å². The summed E-state index contributed by atoms with van der Waals surface area (Å²) >= 11 is 0. The molecule has 0 heterocycles. The maximum atomic E-state index is 12.5. The van der Waals surface area contributed by atoms with Crippen LogP contribution in [0.2, 0.25) is 0 Å². The average molecular weight is 308 g/mol. The van der Waals surface area contributed by atoms with Gasteiger partial charge in [0.2, 0.25) is 0 Å². The van der Waals surface area contributed by atoms with Gasteiger partial charge in [0.15, 0.2) is 11.5 Å². The zero-order valence-electron chi connectivity index (χ0n) is 14.5. The summed E-state index contributed by atoms with van der Waals surface area (Å²) in [5, 5.41) is 2.93. The molecule has 1 aromatic carbocycles. The Hall–Kier alpha value is -1.91. The SMILES string of the molecule is COc1ccc(NC(=O)N(CC(C)C)CC(C)C)cc1OC. The second-order valence-electron chi connectivity index (χ2n) is 6.19. The monoisotopic (exact) mass is 308 g/mol. The second-order valence-corrected chi connectivity index (χ2v) is 6.19. The third kappa shape index (κ3) is 5.47. The van der Waals surface area contributed by atoms with Crippen molar-refractivity contribution in [3.05, 3.63) is 18.2 Å². The van der Waals surface area contributed by atoms with Crippen LogP contribution in [0.25, 0.3) is 0 Å². The molecule has 0 saturated carbocycles. The number of nitrogens with zero attached hydrogens (tertiary/aromatic N) is 1. The quantitative estimate of drug-likeness (QED) is 0.832. The van der Waals surface area contributed by atoms with Crippen LogP contribution in [-0.4, -0.2) is 38.2 Å². The van der Waals surface area contributed by atoms with Crippen LogP contribution in [0.15, 0.2) is 18.2 Å². The molecule has 0 saturated heterocycles. The van der Waals surface area contributed by atoms with E-state index in [1.54, 1.807) is 26.4 Å². The van der Waals surface area contributed by atoms with Crippen LogP contribution in [0, 0.1) is 11.8 Å². The largest absolute Gasteiger partial charge is 0.493 e. The molecular weight excluding hydrogens is 280 g/mol. The van der Waals surface area contributed by atoms with Gasteiger partial charge in [0.1, 0.15) is 0 Å². The molecule has 5 nitrogen and oxygen atoms in total. The van der Waals surface area contributed by atoms with Gasteiger partial charge in [-0.2, -0.15) is 0 Å². The molecule has 1 aromatic rings. The molecule has 0 unspecified atom stereocenters. The van der Waals surface area contributed by atoms with Gasteiger partial charge in [-0.25, -0.2) is 4.79 Å². The molecule has 0 spiro atoms. The number of anilines is 1. The Morgan fingerprint density at radius 3 is 2.05 bits per heavy atom. The summed E-state index contributed by atoms with van der Waals surface area (Å²) in [5.74, 6) is 2.09. The van der Waals surface area contributed by atoms with E-state index in [1.807, 2.05) is 11.0 Å². The lowest BCUT2D eigenvalue weighted by Crippen LogP contribution is -2.39. The number of benzene rings is 1. The summed E-state index contributed by atoms with van der Waals surface area (Å²) < 4.78 is 10.5. The number of ether oxygens (including phenoxy) is 2. The van der Waals surface area contributed by atoms with E-state index in [-0.39, 0.29) is 6.03 Å². The highest BCUT2D eigenvalue weighted by molar-refractivity contribution is 5.89. The van der Waals surface area contributed by atoms with Crippen LogP contribution >= 0.6 is 0 Å². The molecule has 0 atom stereocenters. The van der Waals surface area contributed by atoms with Crippen molar-refractivity contribution in [3.63, 3.8) is 0 Å². The lowest BCUT2D eigenvalue weighted by atomic mass is 10.1. The van der Waals surface area contributed by atoms with Crippen molar-refractivity contribution >= 4 is 11.7 Å². The van der Waals surface area contributed by atoms with E-state index in [0.717, 1.165) is 13.1 Å². The molecule has 0 aliphatic heterocycles. The van der Waals surface area contributed by atoms with Crippen molar-refractivity contribution < 1.29 is 14.3 Å². The van der Waals surface area contributed by atoms with Crippen LogP contribution in [0.5, 0.6) is 11.5 Å². The standard InChI is InChI=1S/C17H28N2O3/c1-12(2)10-19(11-13(3)4)17(20)18-14-7-8-15(21-5)16(9-14)22-6/h7-9,12-13H,10-11H2,1-6H3,(H,18,20). The van der Waals surface area contributed by atoms with Crippen molar-refractivity contribution in [3.8, 4) is 11.5 Å². The molecule has 0 aromatic heterocycles. The van der Waals surface area contributed by atoms with E-state index in [2.05, 4.69) is 33.0 Å². The normalized spacial score (nSPS) is 10.7. The van der Waals surface area contributed by atoms with Gasteiger partial charge < -0.3 is 19.7 Å². The molecule has 1 N–H and O–H groups in total. The van der Waals surface area contributed by atoms with Gasteiger partial charge in [-0.1, -0.05) is 27.7 Å². The summed E-state index contributed by atoms with van der Waals surface area (Å²) in [6.45, 7) is 9.90. The zero-order chi connectivity index (χ0) is 16.7. The Kier molecular flexibility index (Phi) is 7.02. The molecule has 22 heavy (non-hydrogen) atoms. The van der Waals surface area contributed by atoms with E-state index in [1.165, 1.54) is 0 Å². The first kappa shape index (κ1) is 18.1. The lowest BCUT2D eigenvalue weighted by Gasteiger charge is -2.26. The van der Waals surface area contributed by atoms with Gasteiger partial charge in [0.25, 0.3) is 0 Å². The Balaban J connectivity index is 2.84. The summed E-state index contributed by atoms with van der Waals surface area (Å²) in [6, 6.07) is 5.26. The van der Waals surface area contributed by atoms with Crippen LogP contribution < -0.4 is 14.8 Å². The highest BCUT2D eigenvalue weighted by Gasteiger charge is 2.17. The van der Waals surface area contributed by atoms with Crippen LogP contribution in [0.3, 0.4) is 0 Å². The van der Waals surface area contributed by atoms with Crippen molar-refractivity contribution in [2.45, 2.75) is 27.7 Å². The molecular formula is C17H28N2O3. The first-order valence-electron chi connectivity index (χ1n) is 7.65. The molecule has 0 radical (unpaired) electrons. The van der Waals surface area contributed by atoms with Gasteiger partial charge in [-0.05, 0) is 24.0 Å². The van der Waals surface area contributed by atoms with Gasteiger partial charge in [-0.3, -0.25) is 0 Å². The Bertz CT molecular complexity index is 477. The fraction of sp³-hybridized carbons (Fsp3) is 0.588. The maximum absolute atomic E-state index is 12.5. The molecule has 0 aliphatic rings. The number of urea groups is 1. The smallest absolute Gasteiger partial charge is 0.321 e. The number of nitrogens with one attached hydrogen (secondary N) is 1. The average Bonchev–Trinajstić information content (AvgIpc) is 2.45. The topological polar surface area (TPSA) is 50.8 Å². The van der Waals surface area contributed by atoms with Crippen LogP contribution in [-0.2, 0) is 0 Å². The number of hydrogen-bond acceptors (Lipinski definition) is 3. The fourth-order valence-corrected chi connectivity index (χ4v) is 2.24. The van der Waals surface area contributed by atoms with Crippen molar-refractivity contribution in [2.75, 3.05) is 32.6 Å². The van der Waals surface area contributed by atoms with E-state index < -0.39 is 0 Å². The Morgan fingerprint density at radius 2 is 1.59 bits per heavy atom. The van der Waals surface area contributed by atoms with Crippen LogP contribution in [0.1, 0.15) is 27.7 Å². The summed E-state index contributed by atoms with van der Waals surface area (Å²) in [4.78, 5) is 14.3. The van der Waals surface area contributed by atoms with Crippen molar-refractivity contribution in [1.29, 1.82) is 0 Å². The molecule has 5 heteroatoms. The summed E-state index contributed by atoms with van der Waals surface area (Å²) in [6.07, 6.45) is 0. The second kappa shape index (κ2) is 8.51. The summed E-state index contributed by atoms with van der Waals surface area (Å²) in [5.41, 5.74) is 0.695. The third-order valence-corrected chi connectivity index (χ3v) is 3.09. The molecule has 2 amide bonds. The number of amides is 2. The molecule has 1 rings (SSSR count). The van der Waals surface area contributed by atoms with Crippen molar-refractivity contribution in [2.24, 2.45) is 11.8 Å². The van der Waals surface area contributed by atoms with E-state index in [0.29, 0.717) is 29.0 Å².